The molecule has 30 heavy (non-hydrogen) atoms. The molecule has 1 atom stereocenters. The van der Waals surface area contributed by atoms with Gasteiger partial charge in [-0.05, 0) is 48.9 Å². The summed E-state index contributed by atoms with van der Waals surface area (Å²) in [7, 11) is 0. The lowest BCUT2D eigenvalue weighted by atomic mass is 10.1. The molecule has 1 saturated heterocycles. The van der Waals surface area contributed by atoms with E-state index >= 15 is 0 Å². The van der Waals surface area contributed by atoms with Crippen molar-refractivity contribution in [3.05, 3.63) is 71.4 Å². The quantitative estimate of drug-likeness (QED) is 0.672. The molecule has 2 aromatic carbocycles. The Morgan fingerprint density at radius 1 is 1.20 bits per heavy atom. The Balaban J connectivity index is 1.40. The third-order valence-electron chi connectivity index (χ3n) is 4.96. The second-order valence-corrected chi connectivity index (χ2v) is 7.25. The molecule has 0 spiro atoms. The second-order valence-electron chi connectivity index (χ2n) is 7.25. The van der Waals surface area contributed by atoms with Crippen LogP contribution in [-0.2, 0) is 11.3 Å². The van der Waals surface area contributed by atoms with E-state index in [-0.39, 0.29) is 17.6 Å². The summed E-state index contributed by atoms with van der Waals surface area (Å²) in [6.45, 7) is 5.81. The first-order valence-corrected chi connectivity index (χ1v) is 9.88. The predicted octanol–water partition coefficient (Wildman–Crippen LogP) is 3.20. The van der Waals surface area contributed by atoms with Gasteiger partial charge in [0.15, 0.2) is 0 Å². The lowest BCUT2D eigenvalue weighted by Crippen LogP contribution is -2.35. The van der Waals surface area contributed by atoms with Crippen molar-refractivity contribution < 1.29 is 18.4 Å². The molecule has 1 aliphatic heterocycles. The van der Waals surface area contributed by atoms with Gasteiger partial charge in [-0.15, -0.1) is 0 Å². The van der Waals surface area contributed by atoms with Crippen LogP contribution in [0.25, 0.3) is 11.4 Å². The van der Waals surface area contributed by atoms with Crippen molar-refractivity contribution in [2.24, 2.45) is 0 Å². The van der Waals surface area contributed by atoms with E-state index in [0.29, 0.717) is 17.0 Å². The number of halogens is 1. The minimum absolute atomic E-state index is 0.215. The number of hydrogen-bond acceptors (Lipinski definition) is 6. The fraction of sp³-hybridized carbons (Fsp3) is 0.318. The molecule has 1 N–H and O–H groups in total. The van der Waals surface area contributed by atoms with E-state index in [2.05, 4.69) is 20.4 Å². The molecule has 1 aliphatic rings. The maximum Gasteiger partial charge on any atom is 0.251 e. The molecule has 1 unspecified atom stereocenters. The van der Waals surface area contributed by atoms with Gasteiger partial charge in [0, 0.05) is 30.8 Å². The summed E-state index contributed by atoms with van der Waals surface area (Å²) in [4.78, 5) is 19.3. The number of carbonyl (C=O) groups excluding carboxylic acids is 1. The lowest BCUT2D eigenvalue weighted by molar-refractivity contribution is 0.0342. The smallest absolute Gasteiger partial charge is 0.251 e. The minimum Gasteiger partial charge on any atom is -0.379 e. The van der Waals surface area contributed by atoms with Crippen LogP contribution < -0.4 is 5.32 Å². The van der Waals surface area contributed by atoms with Crippen LogP contribution in [-0.4, -0.2) is 47.3 Å². The fourth-order valence-electron chi connectivity index (χ4n) is 3.30. The van der Waals surface area contributed by atoms with Crippen molar-refractivity contribution in [2.75, 3.05) is 26.3 Å². The third-order valence-corrected chi connectivity index (χ3v) is 4.96. The zero-order valence-corrected chi connectivity index (χ0v) is 16.7. The van der Waals surface area contributed by atoms with Gasteiger partial charge in [-0.2, -0.15) is 4.98 Å². The molecule has 0 bridgehead atoms. The van der Waals surface area contributed by atoms with Gasteiger partial charge in [-0.25, -0.2) is 4.39 Å². The van der Waals surface area contributed by atoms with Crippen molar-refractivity contribution in [1.82, 2.24) is 20.4 Å². The molecule has 8 heteroatoms. The van der Waals surface area contributed by atoms with Gasteiger partial charge < -0.3 is 14.6 Å². The van der Waals surface area contributed by atoms with E-state index in [4.69, 9.17) is 9.26 Å². The Morgan fingerprint density at radius 2 is 1.97 bits per heavy atom. The van der Waals surface area contributed by atoms with Crippen LogP contribution in [0.2, 0.25) is 0 Å². The van der Waals surface area contributed by atoms with Gasteiger partial charge in [-0.1, -0.05) is 17.3 Å². The number of benzene rings is 2. The highest BCUT2D eigenvalue weighted by Crippen LogP contribution is 2.19. The molecule has 156 valence electrons. The number of hydrogen-bond donors (Lipinski definition) is 1. The molecule has 0 saturated carbocycles. The van der Waals surface area contributed by atoms with E-state index in [1.165, 1.54) is 12.1 Å². The number of morpholine rings is 1. The van der Waals surface area contributed by atoms with Crippen LogP contribution in [0.15, 0.2) is 53.1 Å². The van der Waals surface area contributed by atoms with Gasteiger partial charge in [0.25, 0.3) is 5.91 Å². The first-order valence-electron chi connectivity index (χ1n) is 9.88. The van der Waals surface area contributed by atoms with Gasteiger partial charge >= 0.3 is 0 Å². The number of amides is 1. The molecule has 3 aromatic rings. The Hall–Kier alpha value is -3.10. The molecule has 0 aliphatic carbocycles. The third kappa shape index (κ3) is 4.90. The number of nitrogens with one attached hydrogen (secondary N) is 1. The Morgan fingerprint density at radius 3 is 2.73 bits per heavy atom. The summed E-state index contributed by atoms with van der Waals surface area (Å²) < 4.78 is 23.7. The first-order chi connectivity index (χ1) is 14.6. The Labute approximate surface area is 173 Å². The number of ether oxygens (including phenoxy) is 1. The molecule has 2 heterocycles. The average Bonchev–Trinajstić information content (AvgIpc) is 3.26. The van der Waals surface area contributed by atoms with Crippen LogP contribution in [0.4, 0.5) is 4.39 Å². The zero-order chi connectivity index (χ0) is 20.9. The Bertz CT molecular complexity index is 1000. The predicted molar refractivity (Wildman–Crippen MR) is 108 cm³/mol. The molecular formula is C22H23FN4O3. The van der Waals surface area contributed by atoms with Crippen LogP contribution in [0.1, 0.15) is 34.8 Å². The normalized spacial score (nSPS) is 15.7. The lowest BCUT2D eigenvalue weighted by Gasteiger charge is -2.26. The average molecular weight is 410 g/mol. The van der Waals surface area contributed by atoms with Gasteiger partial charge in [0.1, 0.15) is 11.9 Å². The second kappa shape index (κ2) is 9.15. The van der Waals surface area contributed by atoms with Gasteiger partial charge in [0.05, 0.1) is 13.2 Å². The number of carbonyl (C=O) groups is 1. The highest BCUT2D eigenvalue weighted by molar-refractivity contribution is 5.94. The van der Waals surface area contributed by atoms with Crippen molar-refractivity contribution >= 4 is 5.91 Å². The van der Waals surface area contributed by atoms with Crippen molar-refractivity contribution in [3.63, 3.8) is 0 Å². The SMILES string of the molecule is CC(NC(=O)c1cccc(CN2CCOCC2)c1)c1nc(-c2ccc(F)cc2)no1. The molecule has 1 fully saturated rings. The topological polar surface area (TPSA) is 80.5 Å². The minimum atomic E-state index is -0.470. The fourth-order valence-corrected chi connectivity index (χ4v) is 3.30. The van der Waals surface area contributed by atoms with Gasteiger partial charge in [0.2, 0.25) is 11.7 Å². The van der Waals surface area contributed by atoms with E-state index in [9.17, 15) is 9.18 Å². The summed E-state index contributed by atoms with van der Waals surface area (Å²) in [6.07, 6.45) is 0. The summed E-state index contributed by atoms with van der Waals surface area (Å²) in [5.74, 6) is 0.0811. The first kappa shape index (κ1) is 20.2. The van der Waals surface area contributed by atoms with Crippen molar-refractivity contribution in [3.8, 4) is 11.4 Å². The highest BCUT2D eigenvalue weighted by Gasteiger charge is 2.19. The summed E-state index contributed by atoms with van der Waals surface area (Å²) >= 11 is 0. The molecule has 1 amide bonds. The molecule has 0 radical (unpaired) electrons. The number of aromatic nitrogens is 2. The highest BCUT2D eigenvalue weighted by atomic mass is 19.1. The van der Waals surface area contributed by atoms with Crippen LogP contribution >= 0.6 is 0 Å². The summed E-state index contributed by atoms with van der Waals surface area (Å²) in [5.41, 5.74) is 2.29. The van der Waals surface area contributed by atoms with E-state index in [1.807, 2.05) is 18.2 Å². The number of rotatable bonds is 6. The molecule has 4 rings (SSSR count). The van der Waals surface area contributed by atoms with Crippen LogP contribution in [0, 0.1) is 5.82 Å². The Kier molecular flexibility index (Phi) is 6.15. The standard InChI is InChI=1S/C22H23FN4O3/c1-15(22-25-20(26-30-22)17-5-7-19(23)8-6-17)24-21(28)18-4-2-3-16(13-18)14-27-9-11-29-12-10-27/h2-8,13,15H,9-12,14H2,1H3,(H,24,28). The van der Waals surface area contributed by atoms with Crippen LogP contribution in [0.5, 0.6) is 0 Å². The maximum absolute atomic E-state index is 13.1. The molecule has 7 nitrogen and oxygen atoms in total. The van der Waals surface area contributed by atoms with Crippen LogP contribution in [0.3, 0.4) is 0 Å². The maximum atomic E-state index is 13.1. The van der Waals surface area contributed by atoms with Gasteiger partial charge in [-0.3, -0.25) is 9.69 Å². The van der Waals surface area contributed by atoms with E-state index < -0.39 is 6.04 Å². The van der Waals surface area contributed by atoms with E-state index in [1.54, 1.807) is 25.1 Å². The van der Waals surface area contributed by atoms with Crippen molar-refractivity contribution in [2.45, 2.75) is 19.5 Å². The number of nitrogens with zero attached hydrogens (tertiary/aromatic N) is 3. The monoisotopic (exact) mass is 410 g/mol. The molecular weight excluding hydrogens is 387 g/mol. The summed E-state index contributed by atoms with van der Waals surface area (Å²) in [6, 6.07) is 12.9. The largest absolute Gasteiger partial charge is 0.379 e. The zero-order valence-electron chi connectivity index (χ0n) is 16.7. The van der Waals surface area contributed by atoms with Crippen molar-refractivity contribution in [1.29, 1.82) is 0 Å². The molecule has 1 aromatic heterocycles. The van der Waals surface area contributed by atoms with E-state index in [0.717, 1.165) is 38.4 Å². The summed E-state index contributed by atoms with van der Waals surface area (Å²) in [5, 5.41) is 6.81.